The van der Waals surface area contributed by atoms with Gasteiger partial charge in [-0.25, -0.2) is 4.98 Å². The molecule has 0 aliphatic heterocycles. The van der Waals surface area contributed by atoms with E-state index in [-0.39, 0.29) is 11.6 Å². The Bertz CT molecular complexity index is 942. The van der Waals surface area contributed by atoms with Crippen LogP contribution in [0.1, 0.15) is 48.3 Å². The normalized spacial score (nSPS) is 19.7. The second-order valence-corrected chi connectivity index (χ2v) is 8.39. The lowest BCUT2D eigenvalue weighted by atomic mass is 9.89. The second-order valence-electron chi connectivity index (χ2n) is 7.31. The van der Waals surface area contributed by atoms with Gasteiger partial charge < -0.3 is 14.3 Å². The summed E-state index contributed by atoms with van der Waals surface area (Å²) in [5.74, 6) is 2.39. The molecule has 0 saturated heterocycles. The first-order chi connectivity index (χ1) is 12.0. The highest BCUT2D eigenvalue weighted by molar-refractivity contribution is 7.18. The molecule has 3 atom stereocenters. The van der Waals surface area contributed by atoms with Gasteiger partial charge in [0, 0.05) is 4.88 Å². The van der Waals surface area contributed by atoms with E-state index in [1.165, 1.54) is 15.3 Å². The van der Waals surface area contributed by atoms with Crippen LogP contribution in [-0.2, 0) is 19.4 Å². The smallest absolute Gasteiger partial charge is 0.260 e. The van der Waals surface area contributed by atoms with E-state index in [0.29, 0.717) is 5.92 Å². The highest BCUT2D eigenvalue weighted by atomic mass is 32.1. The number of H-pyrrole nitrogens is 1. The van der Waals surface area contributed by atoms with Gasteiger partial charge in [-0.3, -0.25) is 4.79 Å². The summed E-state index contributed by atoms with van der Waals surface area (Å²) in [5.41, 5.74) is 1.26. The molecule has 0 aromatic carbocycles. The van der Waals surface area contributed by atoms with Crippen LogP contribution in [0.2, 0.25) is 0 Å². The molecule has 1 aliphatic carbocycles. The third-order valence-electron chi connectivity index (χ3n) is 5.37. The molecule has 0 fully saturated rings. The first kappa shape index (κ1) is 16.5. The monoisotopic (exact) mass is 358 g/mol. The Balaban J connectivity index is 1.67. The summed E-state index contributed by atoms with van der Waals surface area (Å²) in [6.07, 6.45) is 4.92. The molecule has 0 bridgehead atoms. The van der Waals surface area contributed by atoms with Gasteiger partial charge in [0.05, 0.1) is 18.7 Å². The molecule has 5 nitrogen and oxygen atoms in total. The van der Waals surface area contributed by atoms with E-state index < -0.39 is 0 Å². The van der Waals surface area contributed by atoms with Gasteiger partial charge in [-0.1, -0.05) is 6.92 Å². The zero-order valence-corrected chi connectivity index (χ0v) is 15.7. The van der Waals surface area contributed by atoms with E-state index in [0.717, 1.165) is 47.6 Å². The van der Waals surface area contributed by atoms with Crippen LogP contribution in [0.15, 0.2) is 27.6 Å². The molecule has 0 amide bonds. The van der Waals surface area contributed by atoms with Gasteiger partial charge in [-0.05, 0) is 49.8 Å². The minimum absolute atomic E-state index is 0.0182. The number of nitrogens with zero attached hydrogens (tertiary/aromatic N) is 1. The first-order valence-corrected chi connectivity index (χ1v) is 9.73. The summed E-state index contributed by atoms with van der Waals surface area (Å²) in [5, 5.41) is 0.825. The highest BCUT2D eigenvalue weighted by Gasteiger charge is 2.25. The number of aryl methyl sites for hydroxylation is 1. The summed E-state index contributed by atoms with van der Waals surface area (Å²) in [6, 6.07) is 3.96. The van der Waals surface area contributed by atoms with E-state index in [4.69, 9.17) is 9.40 Å². The zero-order chi connectivity index (χ0) is 17.6. The molecule has 3 aromatic rings. The Morgan fingerprint density at radius 2 is 2.36 bits per heavy atom. The van der Waals surface area contributed by atoms with Crippen molar-refractivity contribution < 1.29 is 9.32 Å². The van der Waals surface area contributed by atoms with Gasteiger partial charge in [0.25, 0.3) is 5.56 Å². The molecule has 1 aliphatic rings. The van der Waals surface area contributed by atoms with Crippen molar-refractivity contribution in [3.05, 3.63) is 50.8 Å². The van der Waals surface area contributed by atoms with E-state index >= 15 is 0 Å². The third kappa shape index (κ3) is 3.04. The Kier molecular flexibility index (Phi) is 4.25. The first-order valence-electron chi connectivity index (χ1n) is 8.92. The van der Waals surface area contributed by atoms with E-state index in [1.807, 2.05) is 12.1 Å². The molecule has 3 heterocycles. The fourth-order valence-electron chi connectivity index (χ4n) is 3.65. The Hall–Kier alpha value is -1.92. The molecule has 0 radical (unpaired) electrons. The molecule has 6 heteroatoms. The van der Waals surface area contributed by atoms with Crippen molar-refractivity contribution in [2.24, 2.45) is 5.92 Å². The van der Waals surface area contributed by atoms with Crippen LogP contribution in [0.5, 0.6) is 0 Å². The number of aromatic nitrogens is 2. The zero-order valence-electron chi connectivity index (χ0n) is 14.9. The highest BCUT2D eigenvalue weighted by Crippen LogP contribution is 2.35. The maximum Gasteiger partial charge on any atom is 0.260 e. The number of furan rings is 1. The van der Waals surface area contributed by atoms with Crippen molar-refractivity contribution in [3.8, 4) is 0 Å². The van der Waals surface area contributed by atoms with Crippen LogP contribution in [0.25, 0.3) is 10.2 Å². The van der Waals surface area contributed by atoms with Crippen LogP contribution < -0.4 is 10.5 Å². The van der Waals surface area contributed by atoms with Crippen molar-refractivity contribution in [2.45, 2.75) is 45.7 Å². The lowest BCUT2D eigenvalue weighted by Crippen LogP contribution is -3.07. The Morgan fingerprint density at radius 3 is 3.12 bits per heavy atom. The van der Waals surface area contributed by atoms with E-state index in [2.05, 4.69) is 25.9 Å². The van der Waals surface area contributed by atoms with Gasteiger partial charge in [-0.2, -0.15) is 0 Å². The van der Waals surface area contributed by atoms with Crippen LogP contribution in [-0.4, -0.2) is 17.0 Å². The number of thiophene rings is 1. The van der Waals surface area contributed by atoms with Gasteiger partial charge in [0.15, 0.2) is 11.6 Å². The lowest BCUT2D eigenvalue weighted by Gasteiger charge is -2.20. The molecule has 25 heavy (non-hydrogen) atoms. The minimum atomic E-state index is 0.0182. The van der Waals surface area contributed by atoms with Gasteiger partial charge in [0.1, 0.15) is 17.4 Å². The molecule has 3 aromatic heterocycles. The summed E-state index contributed by atoms with van der Waals surface area (Å²) in [7, 11) is 2.10. The quantitative estimate of drug-likeness (QED) is 0.753. The molecular weight excluding hydrogens is 334 g/mol. The number of nitrogens with one attached hydrogen (secondary N) is 2. The minimum Gasteiger partial charge on any atom is -0.463 e. The second kappa shape index (κ2) is 6.42. The molecular formula is C19H24N3O2S+. The van der Waals surface area contributed by atoms with Gasteiger partial charge in [0.2, 0.25) is 0 Å². The number of hydrogen-bond acceptors (Lipinski definition) is 4. The predicted octanol–water partition coefficient (Wildman–Crippen LogP) is 2.48. The summed E-state index contributed by atoms with van der Waals surface area (Å²) < 4.78 is 5.44. The molecule has 0 saturated carbocycles. The van der Waals surface area contributed by atoms with Crippen LogP contribution in [0.4, 0.5) is 0 Å². The largest absolute Gasteiger partial charge is 0.463 e. The summed E-state index contributed by atoms with van der Waals surface area (Å²) in [6.45, 7) is 5.14. The van der Waals surface area contributed by atoms with Crippen molar-refractivity contribution in [3.63, 3.8) is 0 Å². The van der Waals surface area contributed by atoms with Crippen LogP contribution in [0, 0.1) is 5.92 Å². The number of aromatic amines is 1. The molecule has 0 spiro atoms. The third-order valence-corrected chi connectivity index (χ3v) is 6.51. The van der Waals surface area contributed by atoms with Crippen molar-refractivity contribution in [2.75, 3.05) is 7.05 Å². The number of rotatable bonds is 4. The van der Waals surface area contributed by atoms with Gasteiger partial charge >= 0.3 is 0 Å². The van der Waals surface area contributed by atoms with E-state index in [9.17, 15) is 4.79 Å². The number of fused-ring (bicyclic) bond motifs is 3. The maximum absolute atomic E-state index is 12.7. The fourth-order valence-corrected chi connectivity index (χ4v) is 5.04. The van der Waals surface area contributed by atoms with E-state index in [1.54, 1.807) is 17.6 Å². The lowest BCUT2D eigenvalue weighted by molar-refractivity contribution is -0.925. The SMILES string of the molecule is C[C@@H]1CCc2c(sc3nc([C@H](C)[NH+](C)Cc4ccco4)[nH]c(=O)c23)C1. The fraction of sp³-hybridized carbons (Fsp3) is 0.474. The topological polar surface area (TPSA) is 63.3 Å². The summed E-state index contributed by atoms with van der Waals surface area (Å²) in [4.78, 5) is 24.1. The molecule has 132 valence electrons. The van der Waals surface area contributed by atoms with Crippen molar-refractivity contribution in [1.29, 1.82) is 0 Å². The standard InChI is InChI=1S/C19H23N3O2S/c1-11-6-7-14-15(9-11)25-19-16(14)18(23)20-17(21-19)12(2)22(3)10-13-5-4-8-24-13/h4-5,8,11-12H,6-7,9-10H2,1-3H3,(H,20,21,23)/p+1/t11-,12+/m1/s1. The van der Waals surface area contributed by atoms with Crippen LogP contribution in [0.3, 0.4) is 0 Å². The van der Waals surface area contributed by atoms with Crippen molar-refractivity contribution >= 4 is 21.6 Å². The molecule has 2 N–H and O–H groups in total. The average Bonchev–Trinajstić information content (AvgIpc) is 3.20. The van der Waals surface area contributed by atoms with Gasteiger partial charge in [-0.15, -0.1) is 11.3 Å². The Labute approximate surface area is 150 Å². The predicted molar refractivity (Wildman–Crippen MR) is 99.1 cm³/mol. The van der Waals surface area contributed by atoms with Crippen molar-refractivity contribution in [1.82, 2.24) is 9.97 Å². The molecule has 1 unspecified atom stereocenters. The van der Waals surface area contributed by atoms with Crippen LogP contribution >= 0.6 is 11.3 Å². The Morgan fingerprint density at radius 1 is 1.52 bits per heavy atom. The number of quaternary nitrogens is 1. The number of hydrogen-bond donors (Lipinski definition) is 2. The maximum atomic E-state index is 12.7. The average molecular weight is 358 g/mol. The summed E-state index contributed by atoms with van der Waals surface area (Å²) >= 11 is 1.71. The molecule has 4 rings (SSSR count).